The molecule has 0 amide bonds. The molecule has 0 aliphatic heterocycles. The van der Waals surface area contributed by atoms with Gasteiger partial charge in [0.25, 0.3) is 0 Å². The highest BCUT2D eigenvalue weighted by Crippen LogP contribution is 2.20. The van der Waals surface area contributed by atoms with Gasteiger partial charge in [-0.1, -0.05) is 15.9 Å². The molecule has 0 aliphatic carbocycles. The first-order valence-corrected chi connectivity index (χ1v) is 5.35. The van der Waals surface area contributed by atoms with Gasteiger partial charge in [0.05, 0.1) is 5.52 Å². The number of halogens is 1. The summed E-state index contributed by atoms with van der Waals surface area (Å²) in [5.74, 6) is -1.22. The number of hydrogen-bond acceptors (Lipinski definition) is 2. The number of aromatic nitrogens is 1. The van der Waals surface area contributed by atoms with Crippen molar-refractivity contribution in [2.45, 2.75) is 6.92 Å². The predicted octanol–water partition coefficient (Wildman–Crippen LogP) is 2.30. The van der Waals surface area contributed by atoms with E-state index in [0.29, 0.717) is 10.9 Å². The first-order chi connectivity index (χ1) is 7.50. The first-order valence-electron chi connectivity index (χ1n) is 4.55. The minimum Gasteiger partial charge on any atom is -0.477 e. The Morgan fingerprint density at radius 2 is 2.12 bits per heavy atom. The third-order valence-electron chi connectivity index (χ3n) is 2.39. The molecular weight excluding hydrogens is 274 g/mol. The minimum atomic E-state index is -1.22. The quantitative estimate of drug-likeness (QED) is 0.843. The van der Waals surface area contributed by atoms with Gasteiger partial charge in [-0.25, -0.2) is 4.79 Å². The smallest absolute Gasteiger partial charge is 0.341 e. The third kappa shape index (κ3) is 1.63. The molecule has 0 saturated heterocycles. The first kappa shape index (κ1) is 10.9. The number of aryl methyl sites for hydroxylation is 1. The van der Waals surface area contributed by atoms with E-state index in [1.54, 1.807) is 12.1 Å². The number of carboxylic acids is 1. The van der Waals surface area contributed by atoms with Gasteiger partial charge in [0.2, 0.25) is 5.43 Å². The molecule has 16 heavy (non-hydrogen) atoms. The van der Waals surface area contributed by atoms with Crippen molar-refractivity contribution in [1.29, 1.82) is 0 Å². The molecule has 1 heterocycles. The van der Waals surface area contributed by atoms with E-state index in [2.05, 4.69) is 20.9 Å². The Hall–Kier alpha value is -1.62. The van der Waals surface area contributed by atoms with E-state index >= 15 is 0 Å². The molecule has 0 saturated carbocycles. The van der Waals surface area contributed by atoms with Gasteiger partial charge < -0.3 is 10.1 Å². The van der Waals surface area contributed by atoms with Gasteiger partial charge in [-0.3, -0.25) is 4.79 Å². The van der Waals surface area contributed by atoms with E-state index in [1.165, 1.54) is 6.20 Å². The van der Waals surface area contributed by atoms with Crippen LogP contribution in [-0.4, -0.2) is 16.1 Å². The lowest BCUT2D eigenvalue weighted by Crippen LogP contribution is -2.15. The fourth-order valence-corrected chi connectivity index (χ4v) is 1.85. The number of aromatic amines is 1. The van der Waals surface area contributed by atoms with Crippen molar-refractivity contribution in [1.82, 2.24) is 4.98 Å². The zero-order valence-corrected chi connectivity index (χ0v) is 9.96. The van der Waals surface area contributed by atoms with Crippen LogP contribution in [0.1, 0.15) is 15.9 Å². The van der Waals surface area contributed by atoms with Crippen LogP contribution >= 0.6 is 15.9 Å². The number of rotatable bonds is 1. The Balaban J connectivity index is 2.90. The summed E-state index contributed by atoms with van der Waals surface area (Å²) < 4.78 is 0.874. The topological polar surface area (TPSA) is 70.2 Å². The number of aromatic carboxylic acids is 1. The van der Waals surface area contributed by atoms with Crippen molar-refractivity contribution < 1.29 is 9.90 Å². The van der Waals surface area contributed by atoms with E-state index in [4.69, 9.17) is 5.11 Å². The summed E-state index contributed by atoms with van der Waals surface area (Å²) >= 11 is 3.35. The molecule has 0 fully saturated rings. The lowest BCUT2D eigenvalue weighted by atomic mass is 10.1. The SMILES string of the molecule is Cc1cc2c(=O)c(C(=O)O)c[nH]c2cc1Br. The Morgan fingerprint density at radius 3 is 2.75 bits per heavy atom. The number of H-pyrrole nitrogens is 1. The Labute approximate surface area is 99.0 Å². The molecule has 2 N–H and O–H groups in total. The third-order valence-corrected chi connectivity index (χ3v) is 3.24. The van der Waals surface area contributed by atoms with E-state index in [-0.39, 0.29) is 5.56 Å². The van der Waals surface area contributed by atoms with E-state index < -0.39 is 11.4 Å². The number of hydrogen-bond donors (Lipinski definition) is 2. The molecule has 82 valence electrons. The van der Waals surface area contributed by atoms with Crippen molar-refractivity contribution in [2.75, 3.05) is 0 Å². The second-order valence-electron chi connectivity index (χ2n) is 3.48. The fourth-order valence-electron chi connectivity index (χ4n) is 1.51. The zero-order chi connectivity index (χ0) is 11.9. The van der Waals surface area contributed by atoms with Crippen LogP contribution in [-0.2, 0) is 0 Å². The van der Waals surface area contributed by atoms with Crippen molar-refractivity contribution in [3.63, 3.8) is 0 Å². The molecule has 2 aromatic rings. The molecule has 1 aromatic carbocycles. The lowest BCUT2D eigenvalue weighted by molar-refractivity contribution is 0.0695. The highest BCUT2D eigenvalue weighted by Gasteiger charge is 2.12. The second kappa shape index (κ2) is 3.75. The second-order valence-corrected chi connectivity index (χ2v) is 4.34. The normalized spacial score (nSPS) is 10.6. The number of carboxylic acid groups (broad SMARTS) is 1. The molecule has 0 bridgehead atoms. The summed E-state index contributed by atoms with van der Waals surface area (Å²) in [5, 5.41) is 9.21. The monoisotopic (exact) mass is 281 g/mol. The van der Waals surface area contributed by atoms with Crippen LogP contribution in [0.3, 0.4) is 0 Å². The van der Waals surface area contributed by atoms with Crippen LogP contribution in [0.25, 0.3) is 10.9 Å². The number of fused-ring (bicyclic) bond motifs is 1. The molecule has 0 spiro atoms. The molecular formula is C11H8BrNO3. The summed E-state index contributed by atoms with van der Waals surface area (Å²) in [4.78, 5) is 25.4. The van der Waals surface area contributed by atoms with Crippen LogP contribution in [0.4, 0.5) is 0 Å². The van der Waals surface area contributed by atoms with E-state index in [9.17, 15) is 9.59 Å². The van der Waals surface area contributed by atoms with Crippen molar-refractivity contribution >= 4 is 32.8 Å². The van der Waals surface area contributed by atoms with Gasteiger partial charge in [-0.2, -0.15) is 0 Å². The van der Waals surface area contributed by atoms with Gasteiger partial charge in [0, 0.05) is 16.1 Å². The number of nitrogens with one attached hydrogen (secondary N) is 1. The Kier molecular flexibility index (Phi) is 2.55. The summed E-state index contributed by atoms with van der Waals surface area (Å²) in [6, 6.07) is 3.43. The predicted molar refractivity (Wildman–Crippen MR) is 64.0 cm³/mol. The highest BCUT2D eigenvalue weighted by molar-refractivity contribution is 9.10. The highest BCUT2D eigenvalue weighted by atomic mass is 79.9. The lowest BCUT2D eigenvalue weighted by Gasteiger charge is -2.03. The Bertz CT molecular complexity index is 645. The zero-order valence-electron chi connectivity index (χ0n) is 8.37. The van der Waals surface area contributed by atoms with Crippen LogP contribution in [0.5, 0.6) is 0 Å². The molecule has 1 aromatic heterocycles. The molecule has 0 radical (unpaired) electrons. The van der Waals surface area contributed by atoms with Gasteiger partial charge in [0.15, 0.2) is 0 Å². The number of carbonyl (C=O) groups is 1. The van der Waals surface area contributed by atoms with Crippen LogP contribution in [0, 0.1) is 6.92 Å². The minimum absolute atomic E-state index is 0.241. The van der Waals surface area contributed by atoms with E-state index in [1.807, 2.05) is 6.92 Å². The van der Waals surface area contributed by atoms with Gasteiger partial charge in [-0.15, -0.1) is 0 Å². The van der Waals surface area contributed by atoms with Gasteiger partial charge in [-0.05, 0) is 24.6 Å². The maximum absolute atomic E-state index is 11.8. The van der Waals surface area contributed by atoms with Gasteiger partial charge >= 0.3 is 5.97 Å². The van der Waals surface area contributed by atoms with Crippen LogP contribution in [0.15, 0.2) is 27.6 Å². The Morgan fingerprint density at radius 1 is 1.44 bits per heavy atom. The summed E-state index contributed by atoms with van der Waals surface area (Å²) in [5.41, 5.74) is 0.805. The van der Waals surface area contributed by atoms with Gasteiger partial charge in [0.1, 0.15) is 5.56 Å². The van der Waals surface area contributed by atoms with Crippen LogP contribution < -0.4 is 5.43 Å². The molecule has 4 nitrogen and oxygen atoms in total. The van der Waals surface area contributed by atoms with Crippen LogP contribution in [0.2, 0.25) is 0 Å². The number of pyridine rings is 1. The summed E-state index contributed by atoms with van der Waals surface area (Å²) in [6.07, 6.45) is 1.22. The standard InChI is InChI=1S/C11H8BrNO3/c1-5-2-6-9(3-8(5)12)13-4-7(10(6)14)11(15)16/h2-4H,1H3,(H,13,14)(H,15,16). The molecule has 0 atom stereocenters. The summed E-state index contributed by atoms with van der Waals surface area (Å²) in [6.45, 7) is 1.84. The fraction of sp³-hybridized carbons (Fsp3) is 0.0909. The molecule has 2 rings (SSSR count). The van der Waals surface area contributed by atoms with E-state index in [0.717, 1.165) is 10.0 Å². The van der Waals surface area contributed by atoms with Crippen molar-refractivity contribution in [2.24, 2.45) is 0 Å². The molecule has 0 unspecified atom stereocenters. The maximum Gasteiger partial charge on any atom is 0.341 e. The largest absolute Gasteiger partial charge is 0.477 e. The average molecular weight is 282 g/mol. The van der Waals surface area contributed by atoms with Crippen molar-refractivity contribution in [3.8, 4) is 0 Å². The van der Waals surface area contributed by atoms with Crippen molar-refractivity contribution in [3.05, 3.63) is 44.2 Å². The maximum atomic E-state index is 11.8. The molecule has 0 aliphatic rings. The molecule has 5 heteroatoms. The summed E-state index contributed by atoms with van der Waals surface area (Å²) in [7, 11) is 0. The number of benzene rings is 1. The average Bonchev–Trinajstić information content (AvgIpc) is 2.21.